The number of aromatic nitrogens is 4. The zero-order valence-electron chi connectivity index (χ0n) is 12.1. The van der Waals surface area contributed by atoms with E-state index < -0.39 is 0 Å². The maximum absolute atomic E-state index is 13.5. The molecule has 0 aliphatic carbocycles. The molecule has 0 fully saturated rings. The van der Waals surface area contributed by atoms with E-state index in [1.54, 1.807) is 17.9 Å². The van der Waals surface area contributed by atoms with Crippen LogP contribution >= 0.6 is 15.9 Å². The van der Waals surface area contributed by atoms with Gasteiger partial charge in [-0.05, 0) is 57.9 Å². The van der Waals surface area contributed by atoms with Gasteiger partial charge >= 0.3 is 0 Å². The van der Waals surface area contributed by atoms with Gasteiger partial charge in [-0.15, -0.1) is 5.10 Å². The lowest BCUT2D eigenvalue weighted by atomic mass is 10.2. The lowest BCUT2D eigenvalue weighted by Gasteiger charge is -2.14. The molecular formula is C13H17BrFN5O. The number of nitrogens with one attached hydrogen (secondary N) is 1. The van der Waals surface area contributed by atoms with Crippen LogP contribution in [0.4, 0.5) is 4.39 Å². The Morgan fingerprint density at radius 1 is 1.48 bits per heavy atom. The molecule has 2 rings (SSSR count). The van der Waals surface area contributed by atoms with Crippen molar-refractivity contribution in [3.05, 3.63) is 33.8 Å². The fourth-order valence-electron chi connectivity index (χ4n) is 1.97. The fraction of sp³-hybridized carbons (Fsp3) is 0.462. The van der Waals surface area contributed by atoms with Crippen molar-refractivity contribution in [2.75, 3.05) is 20.3 Å². The summed E-state index contributed by atoms with van der Waals surface area (Å²) in [5, 5.41) is 15.1. The van der Waals surface area contributed by atoms with Gasteiger partial charge in [0.1, 0.15) is 5.82 Å². The van der Waals surface area contributed by atoms with Crippen LogP contribution < -0.4 is 5.32 Å². The summed E-state index contributed by atoms with van der Waals surface area (Å²) >= 11 is 3.19. The summed E-state index contributed by atoms with van der Waals surface area (Å²) in [6.07, 6.45) is 0. The van der Waals surface area contributed by atoms with Gasteiger partial charge in [0.05, 0.1) is 22.8 Å². The van der Waals surface area contributed by atoms with E-state index in [2.05, 4.69) is 36.8 Å². The number of hydrogen-bond donors (Lipinski definition) is 1. The molecule has 0 spiro atoms. The van der Waals surface area contributed by atoms with Crippen LogP contribution in [0.1, 0.15) is 24.4 Å². The summed E-state index contributed by atoms with van der Waals surface area (Å²) < 4.78 is 20.5. The van der Waals surface area contributed by atoms with Gasteiger partial charge in [-0.1, -0.05) is 0 Å². The van der Waals surface area contributed by atoms with Gasteiger partial charge in [0.15, 0.2) is 5.82 Å². The smallest absolute Gasteiger partial charge is 0.173 e. The molecule has 0 saturated heterocycles. The molecule has 1 atom stereocenters. The molecule has 6 nitrogen and oxygen atoms in total. The van der Waals surface area contributed by atoms with E-state index >= 15 is 0 Å². The summed E-state index contributed by atoms with van der Waals surface area (Å²) in [5.41, 5.74) is 1.50. The predicted octanol–water partition coefficient (Wildman–Crippen LogP) is 2.17. The Labute approximate surface area is 130 Å². The first-order valence-electron chi connectivity index (χ1n) is 6.51. The number of hydrogen-bond acceptors (Lipinski definition) is 5. The van der Waals surface area contributed by atoms with Crippen LogP contribution in [0, 0.1) is 12.7 Å². The van der Waals surface area contributed by atoms with Crippen LogP contribution in [0.15, 0.2) is 16.6 Å². The van der Waals surface area contributed by atoms with E-state index in [9.17, 15) is 4.39 Å². The summed E-state index contributed by atoms with van der Waals surface area (Å²) in [6, 6.07) is 3.07. The maximum atomic E-state index is 13.5. The highest BCUT2D eigenvalue weighted by atomic mass is 79.9. The number of aryl methyl sites for hydroxylation is 1. The van der Waals surface area contributed by atoms with Gasteiger partial charge in [-0.2, -0.15) is 4.68 Å². The van der Waals surface area contributed by atoms with Crippen molar-refractivity contribution in [1.29, 1.82) is 0 Å². The fourth-order valence-corrected chi connectivity index (χ4v) is 2.30. The first-order chi connectivity index (χ1) is 10.0. The van der Waals surface area contributed by atoms with E-state index in [1.165, 1.54) is 6.07 Å². The molecule has 21 heavy (non-hydrogen) atoms. The zero-order valence-corrected chi connectivity index (χ0v) is 13.7. The standard InChI is InChI=1S/C13H17BrFN5O/c1-8-6-11(15)10(14)7-12(8)20-13(17-18-19-20)9(2)16-4-5-21-3/h6-7,9,16H,4-5H2,1-3H3. The lowest BCUT2D eigenvalue weighted by molar-refractivity contribution is 0.196. The van der Waals surface area contributed by atoms with Crippen LogP contribution in [0.2, 0.25) is 0 Å². The molecule has 1 aromatic heterocycles. The van der Waals surface area contributed by atoms with E-state index in [-0.39, 0.29) is 11.9 Å². The first-order valence-corrected chi connectivity index (χ1v) is 7.30. The minimum absolute atomic E-state index is 0.0571. The minimum atomic E-state index is -0.308. The topological polar surface area (TPSA) is 64.9 Å². The van der Waals surface area contributed by atoms with E-state index in [1.807, 2.05) is 13.8 Å². The Balaban J connectivity index is 2.30. The molecular weight excluding hydrogens is 341 g/mol. The third-order valence-electron chi connectivity index (χ3n) is 3.10. The lowest BCUT2D eigenvalue weighted by Crippen LogP contribution is -2.25. The minimum Gasteiger partial charge on any atom is -0.383 e. The van der Waals surface area contributed by atoms with Crippen LogP contribution in [0.25, 0.3) is 5.69 Å². The number of ether oxygens (including phenoxy) is 1. The van der Waals surface area contributed by atoms with Crippen LogP contribution in [-0.2, 0) is 4.74 Å². The third kappa shape index (κ3) is 3.63. The molecule has 0 aliphatic heterocycles. The number of nitrogens with zero attached hydrogens (tertiary/aromatic N) is 4. The number of tetrazole rings is 1. The van der Waals surface area contributed by atoms with Gasteiger partial charge in [0, 0.05) is 13.7 Å². The largest absolute Gasteiger partial charge is 0.383 e. The van der Waals surface area contributed by atoms with Crippen molar-refractivity contribution < 1.29 is 9.13 Å². The van der Waals surface area contributed by atoms with E-state index in [4.69, 9.17) is 4.74 Å². The molecule has 0 bridgehead atoms. The molecule has 2 aromatic rings. The summed E-state index contributed by atoms with van der Waals surface area (Å²) in [5.74, 6) is 0.352. The molecule has 0 aliphatic rings. The van der Waals surface area contributed by atoms with Crippen molar-refractivity contribution in [1.82, 2.24) is 25.5 Å². The molecule has 1 unspecified atom stereocenters. The highest BCUT2D eigenvalue weighted by Crippen LogP contribution is 2.24. The second-order valence-corrected chi connectivity index (χ2v) is 5.52. The Hall–Kier alpha value is -1.38. The van der Waals surface area contributed by atoms with Gasteiger partial charge < -0.3 is 10.1 Å². The van der Waals surface area contributed by atoms with Crippen molar-refractivity contribution in [2.24, 2.45) is 0 Å². The molecule has 0 saturated carbocycles. The predicted molar refractivity (Wildman–Crippen MR) is 79.8 cm³/mol. The SMILES string of the molecule is COCCNC(C)c1nnnn1-c1cc(Br)c(F)cc1C. The average molecular weight is 358 g/mol. The van der Waals surface area contributed by atoms with Crippen molar-refractivity contribution in [2.45, 2.75) is 19.9 Å². The van der Waals surface area contributed by atoms with Gasteiger partial charge in [-0.3, -0.25) is 0 Å². The Morgan fingerprint density at radius 2 is 2.24 bits per heavy atom. The van der Waals surface area contributed by atoms with Crippen molar-refractivity contribution in [3.63, 3.8) is 0 Å². The zero-order chi connectivity index (χ0) is 15.4. The average Bonchev–Trinajstić information content (AvgIpc) is 2.92. The highest BCUT2D eigenvalue weighted by molar-refractivity contribution is 9.10. The number of rotatable bonds is 6. The molecule has 0 amide bonds. The van der Waals surface area contributed by atoms with Crippen molar-refractivity contribution >= 4 is 15.9 Å². The molecule has 0 radical (unpaired) electrons. The summed E-state index contributed by atoms with van der Waals surface area (Å²) in [4.78, 5) is 0. The Kier molecular flexibility index (Phi) is 5.38. The second kappa shape index (κ2) is 7.06. The second-order valence-electron chi connectivity index (χ2n) is 4.67. The number of methoxy groups -OCH3 is 1. The number of halogens is 2. The maximum Gasteiger partial charge on any atom is 0.173 e. The third-order valence-corrected chi connectivity index (χ3v) is 3.71. The van der Waals surface area contributed by atoms with Crippen molar-refractivity contribution in [3.8, 4) is 5.69 Å². The van der Waals surface area contributed by atoms with Gasteiger partial charge in [0.25, 0.3) is 0 Å². The quantitative estimate of drug-likeness (QED) is 0.802. The van der Waals surface area contributed by atoms with Gasteiger partial charge in [0.2, 0.25) is 0 Å². The molecule has 1 N–H and O–H groups in total. The monoisotopic (exact) mass is 357 g/mol. The van der Waals surface area contributed by atoms with E-state index in [0.29, 0.717) is 23.4 Å². The van der Waals surface area contributed by atoms with Crippen LogP contribution in [0.3, 0.4) is 0 Å². The van der Waals surface area contributed by atoms with Gasteiger partial charge in [-0.25, -0.2) is 4.39 Å². The molecule has 114 valence electrons. The highest BCUT2D eigenvalue weighted by Gasteiger charge is 2.17. The number of benzene rings is 1. The summed E-state index contributed by atoms with van der Waals surface area (Å²) in [6.45, 7) is 5.08. The summed E-state index contributed by atoms with van der Waals surface area (Å²) in [7, 11) is 1.65. The van der Waals surface area contributed by atoms with E-state index in [0.717, 1.165) is 11.3 Å². The Morgan fingerprint density at radius 3 is 2.95 bits per heavy atom. The van der Waals surface area contributed by atoms with Crippen LogP contribution in [-0.4, -0.2) is 40.5 Å². The Bertz CT molecular complexity index is 619. The first kappa shape index (κ1) is 16.0. The molecule has 8 heteroatoms. The molecule has 1 heterocycles. The normalized spacial score (nSPS) is 12.6. The van der Waals surface area contributed by atoms with Crippen LogP contribution in [0.5, 0.6) is 0 Å². The molecule has 1 aromatic carbocycles.